The average Bonchev–Trinajstić information content (AvgIpc) is 2.47. The third-order valence-electron chi connectivity index (χ3n) is 2.59. The molecule has 0 saturated heterocycles. The van der Waals surface area contributed by atoms with Crippen molar-refractivity contribution in [1.82, 2.24) is 0 Å². The Morgan fingerprint density at radius 3 is 2.56 bits per heavy atom. The molecule has 1 aromatic carbocycles. The van der Waals surface area contributed by atoms with E-state index in [1.807, 2.05) is 12.1 Å². The Bertz CT molecular complexity index is 415. The van der Waals surface area contributed by atoms with E-state index in [-0.39, 0.29) is 0 Å². The lowest BCUT2D eigenvalue weighted by atomic mass is 10.1. The molecule has 3 nitrogen and oxygen atoms in total. The van der Waals surface area contributed by atoms with E-state index < -0.39 is 0 Å². The van der Waals surface area contributed by atoms with Gasteiger partial charge < -0.3 is 9.47 Å². The molecule has 4 heteroatoms. The number of benzene rings is 1. The number of carbonyl (C=O) groups is 1. The van der Waals surface area contributed by atoms with Gasteiger partial charge >= 0.3 is 0 Å². The number of ketones is 1. The predicted octanol–water partition coefficient (Wildman–Crippen LogP) is 2.31. The third kappa shape index (κ3) is 2.16. The number of methoxy groups -OCH3 is 2. The normalized spacial score (nSPS) is 15.2. The summed E-state index contributed by atoms with van der Waals surface area (Å²) in [7, 11) is 3.23. The molecule has 0 unspecified atom stereocenters. The maximum Gasteiger partial charge on any atom is 0.161 e. The van der Waals surface area contributed by atoms with Crippen molar-refractivity contribution in [2.45, 2.75) is 17.7 Å². The summed E-state index contributed by atoms with van der Waals surface area (Å²) < 4.78 is 10.5. The molecule has 1 aliphatic heterocycles. The van der Waals surface area contributed by atoms with Crippen molar-refractivity contribution in [2.24, 2.45) is 0 Å². The highest BCUT2D eigenvalue weighted by Gasteiger charge is 2.17. The van der Waals surface area contributed by atoms with E-state index in [4.69, 9.17) is 9.47 Å². The summed E-state index contributed by atoms with van der Waals surface area (Å²) in [5.74, 6) is 2.56. The lowest BCUT2D eigenvalue weighted by Gasteiger charge is -2.12. The van der Waals surface area contributed by atoms with Gasteiger partial charge in [0.25, 0.3) is 0 Å². The van der Waals surface area contributed by atoms with Gasteiger partial charge in [0.05, 0.1) is 14.2 Å². The number of fused-ring (bicyclic) bond motifs is 1. The van der Waals surface area contributed by atoms with Crippen LogP contribution in [0.5, 0.6) is 11.5 Å². The first kappa shape index (κ1) is 11.3. The Morgan fingerprint density at radius 2 is 1.88 bits per heavy atom. The molecular weight excluding hydrogens is 224 g/mol. The summed E-state index contributed by atoms with van der Waals surface area (Å²) in [5.41, 5.74) is 1.05. The second kappa shape index (κ2) is 4.78. The lowest BCUT2D eigenvalue weighted by Crippen LogP contribution is -2.01. The minimum atomic E-state index is 0.290. The quantitative estimate of drug-likeness (QED) is 0.792. The number of ether oxygens (including phenoxy) is 2. The number of hydrogen-bond acceptors (Lipinski definition) is 4. The van der Waals surface area contributed by atoms with Crippen LogP contribution >= 0.6 is 11.8 Å². The maximum atomic E-state index is 11.5. The van der Waals surface area contributed by atoms with Crippen LogP contribution in [0, 0.1) is 0 Å². The van der Waals surface area contributed by atoms with Crippen LogP contribution in [0.4, 0.5) is 0 Å². The molecule has 86 valence electrons. The standard InChI is InChI=1S/C12H14O3S/c1-14-10-6-8-5-9(13)3-4-16-12(8)7-11(10)15-2/h6-7H,3-5H2,1-2H3. The molecule has 1 aromatic rings. The van der Waals surface area contributed by atoms with Crippen LogP contribution in [0.25, 0.3) is 0 Å². The van der Waals surface area contributed by atoms with E-state index in [9.17, 15) is 4.79 Å². The molecule has 0 radical (unpaired) electrons. The van der Waals surface area contributed by atoms with Gasteiger partial charge in [-0.1, -0.05) is 0 Å². The van der Waals surface area contributed by atoms with E-state index in [1.54, 1.807) is 26.0 Å². The van der Waals surface area contributed by atoms with Crippen LogP contribution < -0.4 is 9.47 Å². The zero-order valence-corrected chi connectivity index (χ0v) is 10.2. The van der Waals surface area contributed by atoms with Gasteiger partial charge in [0.2, 0.25) is 0 Å². The number of thioether (sulfide) groups is 1. The molecule has 0 spiro atoms. The van der Waals surface area contributed by atoms with Crippen LogP contribution in [0.3, 0.4) is 0 Å². The van der Waals surface area contributed by atoms with Crippen LogP contribution in [0.15, 0.2) is 17.0 Å². The highest BCUT2D eigenvalue weighted by atomic mass is 32.2. The van der Waals surface area contributed by atoms with Crippen LogP contribution in [-0.2, 0) is 11.2 Å². The molecule has 0 aromatic heterocycles. The Morgan fingerprint density at radius 1 is 1.19 bits per heavy atom. The van der Waals surface area contributed by atoms with Crippen molar-refractivity contribution < 1.29 is 14.3 Å². The van der Waals surface area contributed by atoms with E-state index in [1.165, 1.54) is 0 Å². The van der Waals surface area contributed by atoms with Gasteiger partial charge in [0, 0.05) is 23.5 Å². The smallest absolute Gasteiger partial charge is 0.161 e. The summed E-state index contributed by atoms with van der Waals surface area (Å²) >= 11 is 1.71. The lowest BCUT2D eigenvalue weighted by molar-refractivity contribution is -0.118. The van der Waals surface area contributed by atoms with Crippen molar-refractivity contribution >= 4 is 17.5 Å². The first-order valence-electron chi connectivity index (χ1n) is 5.14. The second-order valence-corrected chi connectivity index (χ2v) is 4.77. The minimum Gasteiger partial charge on any atom is -0.493 e. The van der Waals surface area contributed by atoms with Crippen molar-refractivity contribution in [3.05, 3.63) is 17.7 Å². The molecule has 1 aliphatic rings. The first-order valence-corrected chi connectivity index (χ1v) is 6.12. The van der Waals surface area contributed by atoms with Gasteiger partial charge in [0.15, 0.2) is 11.5 Å². The number of rotatable bonds is 2. The molecule has 0 N–H and O–H groups in total. The monoisotopic (exact) mass is 238 g/mol. The van der Waals surface area contributed by atoms with Crippen molar-refractivity contribution in [2.75, 3.05) is 20.0 Å². The fraction of sp³-hybridized carbons (Fsp3) is 0.417. The number of carbonyl (C=O) groups excluding carboxylic acids is 1. The maximum absolute atomic E-state index is 11.5. The highest BCUT2D eigenvalue weighted by Crippen LogP contribution is 2.37. The van der Waals surface area contributed by atoms with Gasteiger partial charge in [-0.3, -0.25) is 4.79 Å². The fourth-order valence-corrected chi connectivity index (χ4v) is 2.81. The molecule has 16 heavy (non-hydrogen) atoms. The summed E-state index contributed by atoms with van der Waals surface area (Å²) in [6.07, 6.45) is 1.15. The Balaban J connectivity index is 2.44. The fourth-order valence-electron chi connectivity index (χ4n) is 1.75. The number of hydrogen-bond donors (Lipinski definition) is 0. The molecule has 0 atom stereocenters. The van der Waals surface area contributed by atoms with Gasteiger partial charge in [0.1, 0.15) is 5.78 Å². The Hall–Kier alpha value is -1.16. The summed E-state index contributed by atoms with van der Waals surface area (Å²) in [6.45, 7) is 0. The predicted molar refractivity (Wildman–Crippen MR) is 63.6 cm³/mol. The van der Waals surface area contributed by atoms with Crippen LogP contribution in [0.2, 0.25) is 0 Å². The Labute approximate surface area is 99.1 Å². The van der Waals surface area contributed by atoms with Crippen LogP contribution in [-0.4, -0.2) is 25.8 Å². The van der Waals surface area contributed by atoms with Crippen molar-refractivity contribution in [1.29, 1.82) is 0 Å². The highest BCUT2D eigenvalue weighted by molar-refractivity contribution is 7.99. The third-order valence-corrected chi connectivity index (χ3v) is 3.69. The number of Topliss-reactive ketones (excluding diaryl/α,β-unsaturated/α-hetero) is 1. The first-order chi connectivity index (χ1) is 7.74. The zero-order valence-electron chi connectivity index (χ0n) is 9.41. The molecule has 0 saturated carbocycles. The molecule has 1 heterocycles. The summed E-state index contributed by atoms with van der Waals surface area (Å²) in [5, 5.41) is 0. The minimum absolute atomic E-state index is 0.290. The zero-order chi connectivity index (χ0) is 11.5. The topological polar surface area (TPSA) is 35.5 Å². The second-order valence-electron chi connectivity index (χ2n) is 3.63. The SMILES string of the molecule is COc1cc2c(cc1OC)SCCC(=O)C2. The average molecular weight is 238 g/mol. The molecule has 0 amide bonds. The molecule has 0 bridgehead atoms. The Kier molecular flexibility index (Phi) is 3.39. The largest absolute Gasteiger partial charge is 0.493 e. The molecule has 0 aliphatic carbocycles. The summed E-state index contributed by atoms with van der Waals surface area (Å²) in [6, 6.07) is 3.86. The van der Waals surface area contributed by atoms with Gasteiger partial charge in [-0.25, -0.2) is 0 Å². The molecule has 2 rings (SSSR count). The van der Waals surface area contributed by atoms with E-state index in [0.29, 0.717) is 24.4 Å². The van der Waals surface area contributed by atoms with Gasteiger partial charge in [-0.15, -0.1) is 11.8 Å². The van der Waals surface area contributed by atoms with Crippen molar-refractivity contribution in [3.8, 4) is 11.5 Å². The van der Waals surface area contributed by atoms with E-state index >= 15 is 0 Å². The van der Waals surface area contributed by atoms with E-state index in [0.717, 1.165) is 22.0 Å². The van der Waals surface area contributed by atoms with Gasteiger partial charge in [-0.2, -0.15) is 0 Å². The molecular formula is C12H14O3S. The van der Waals surface area contributed by atoms with Gasteiger partial charge in [-0.05, 0) is 17.7 Å². The van der Waals surface area contributed by atoms with Crippen LogP contribution in [0.1, 0.15) is 12.0 Å². The summed E-state index contributed by atoms with van der Waals surface area (Å²) in [4.78, 5) is 12.6. The molecule has 0 fully saturated rings. The van der Waals surface area contributed by atoms with Crippen molar-refractivity contribution in [3.63, 3.8) is 0 Å². The van der Waals surface area contributed by atoms with E-state index in [2.05, 4.69) is 0 Å².